The Balaban J connectivity index is 2.57. The molecule has 0 saturated carbocycles. The van der Waals surface area contributed by atoms with Crippen LogP contribution < -0.4 is 4.74 Å². The van der Waals surface area contributed by atoms with E-state index in [0.29, 0.717) is 31.1 Å². The first-order chi connectivity index (χ1) is 8.45. The maximum Gasteiger partial charge on any atom is 0.261 e. The molecule has 0 heterocycles. The molecule has 0 aliphatic heterocycles. The lowest BCUT2D eigenvalue weighted by atomic mass is 10.2. The molecular formula is C12H17ClO4S. The zero-order valence-electron chi connectivity index (χ0n) is 10.5. The van der Waals surface area contributed by atoms with E-state index in [1.807, 2.05) is 6.92 Å². The first-order valence-electron chi connectivity index (χ1n) is 5.71. The van der Waals surface area contributed by atoms with Crippen molar-refractivity contribution in [2.75, 3.05) is 19.8 Å². The predicted octanol–water partition coefficient (Wildman–Crippen LogP) is 2.73. The van der Waals surface area contributed by atoms with Gasteiger partial charge in [-0.15, -0.1) is 0 Å². The normalized spacial score (nSPS) is 11.5. The molecule has 0 bridgehead atoms. The maximum atomic E-state index is 11.2. The Morgan fingerprint density at radius 3 is 2.50 bits per heavy atom. The summed E-state index contributed by atoms with van der Waals surface area (Å²) in [5, 5.41) is 0. The molecule has 1 aromatic carbocycles. The predicted molar refractivity (Wildman–Crippen MR) is 70.8 cm³/mol. The van der Waals surface area contributed by atoms with Crippen molar-refractivity contribution in [3.8, 4) is 5.75 Å². The molecule has 6 heteroatoms. The van der Waals surface area contributed by atoms with Gasteiger partial charge in [0.1, 0.15) is 12.4 Å². The third-order valence-corrected chi connectivity index (χ3v) is 3.74. The van der Waals surface area contributed by atoms with Gasteiger partial charge in [-0.3, -0.25) is 0 Å². The first kappa shape index (κ1) is 15.3. The molecule has 4 nitrogen and oxygen atoms in total. The highest BCUT2D eigenvalue weighted by molar-refractivity contribution is 8.13. The number of aryl methyl sites for hydroxylation is 1. The van der Waals surface area contributed by atoms with Gasteiger partial charge in [0.05, 0.1) is 11.5 Å². The van der Waals surface area contributed by atoms with E-state index >= 15 is 0 Å². The molecule has 0 atom stereocenters. The van der Waals surface area contributed by atoms with Crippen LogP contribution in [-0.4, -0.2) is 28.2 Å². The monoisotopic (exact) mass is 292 g/mol. The van der Waals surface area contributed by atoms with Gasteiger partial charge in [0, 0.05) is 17.3 Å². The summed E-state index contributed by atoms with van der Waals surface area (Å²) in [6.45, 7) is 5.38. The second-order valence-electron chi connectivity index (χ2n) is 3.83. The molecule has 0 saturated heterocycles. The smallest absolute Gasteiger partial charge is 0.261 e. The highest BCUT2D eigenvalue weighted by Gasteiger charge is 2.13. The van der Waals surface area contributed by atoms with Crippen LogP contribution in [0.25, 0.3) is 0 Å². The Hall–Kier alpha value is -0.780. The Labute approximate surface area is 112 Å². The van der Waals surface area contributed by atoms with Crippen LogP contribution in [0.5, 0.6) is 5.75 Å². The molecule has 0 aliphatic carbocycles. The van der Waals surface area contributed by atoms with Gasteiger partial charge in [-0.25, -0.2) is 8.42 Å². The van der Waals surface area contributed by atoms with Gasteiger partial charge in [-0.1, -0.05) is 6.92 Å². The lowest BCUT2D eigenvalue weighted by Gasteiger charge is -2.09. The minimum Gasteiger partial charge on any atom is -0.491 e. The van der Waals surface area contributed by atoms with Crippen molar-refractivity contribution >= 4 is 19.7 Å². The second kappa shape index (κ2) is 6.97. The molecule has 0 unspecified atom stereocenters. The van der Waals surface area contributed by atoms with E-state index in [1.165, 1.54) is 6.07 Å². The summed E-state index contributed by atoms with van der Waals surface area (Å²) in [5.74, 6) is 0.608. The van der Waals surface area contributed by atoms with Crippen LogP contribution >= 0.6 is 10.7 Å². The molecule has 0 aromatic heterocycles. The Morgan fingerprint density at radius 1 is 1.22 bits per heavy atom. The lowest BCUT2D eigenvalue weighted by molar-refractivity contribution is 0.101. The van der Waals surface area contributed by atoms with Crippen LogP contribution in [0, 0.1) is 6.92 Å². The molecular weight excluding hydrogens is 276 g/mol. The summed E-state index contributed by atoms with van der Waals surface area (Å²) in [7, 11) is 1.60. The highest BCUT2D eigenvalue weighted by Crippen LogP contribution is 2.23. The van der Waals surface area contributed by atoms with Gasteiger partial charge < -0.3 is 9.47 Å². The summed E-state index contributed by atoms with van der Waals surface area (Å²) in [6, 6.07) is 4.68. The minimum atomic E-state index is -3.69. The number of benzene rings is 1. The van der Waals surface area contributed by atoms with Crippen molar-refractivity contribution in [1.82, 2.24) is 0 Å². The van der Waals surface area contributed by atoms with Crippen molar-refractivity contribution in [1.29, 1.82) is 0 Å². The number of rotatable bonds is 7. The average Bonchev–Trinajstić information content (AvgIpc) is 2.27. The average molecular weight is 293 g/mol. The van der Waals surface area contributed by atoms with E-state index in [9.17, 15) is 8.42 Å². The quantitative estimate of drug-likeness (QED) is 0.573. The Morgan fingerprint density at radius 2 is 1.94 bits per heavy atom. The number of halogens is 1. The van der Waals surface area contributed by atoms with Crippen LogP contribution in [0.1, 0.15) is 18.9 Å². The summed E-state index contributed by atoms with van der Waals surface area (Å²) >= 11 is 0. The van der Waals surface area contributed by atoms with Crippen molar-refractivity contribution in [3.05, 3.63) is 23.8 Å². The third kappa shape index (κ3) is 4.84. The standard InChI is InChI=1S/C12H17ClO4S/c1-3-6-16-7-8-17-11-4-5-12(10(2)9-11)18(13,14)15/h4-5,9H,3,6-8H2,1-2H3. The topological polar surface area (TPSA) is 52.6 Å². The number of hydrogen-bond donors (Lipinski definition) is 0. The molecule has 1 rings (SSSR count). The summed E-state index contributed by atoms with van der Waals surface area (Å²) in [4.78, 5) is 0.110. The van der Waals surface area contributed by atoms with Gasteiger partial charge >= 0.3 is 0 Å². The van der Waals surface area contributed by atoms with Gasteiger partial charge in [-0.05, 0) is 37.1 Å². The highest BCUT2D eigenvalue weighted by atomic mass is 35.7. The van der Waals surface area contributed by atoms with Crippen molar-refractivity contribution in [2.45, 2.75) is 25.2 Å². The Bertz CT molecular complexity index is 485. The van der Waals surface area contributed by atoms with Crippen molar-refractivity contribution in [2.24, 2.45) is 0 Å². The minimum absolute atomic E-state index is 0.110. The molecule has 1 aromatic rings. The van der Waals surface area contributed by atoms with Crippen LogP contribution in [0.4, 0.5) is 0 Å². The molecule has 0 fully saturated rings. The third-order valence-electron chi connectivity index (χ3n) is 2.25. The SMILES string of the molecule is CCCOCCOc1ccc(S(=O)(=O)Cl)c(C)c1. The lowest BCUT2D eigenvalue weighted by Crippen LogP contribution is -2.07. The molecule has 0 radical (unpaired) electrons. The molecule has 18 heavy (non-hydrogen) atoms. The fourth-order valence-corrected chi connectivity index (χ4v) is 2.64. The van der Waals surface area contributed by atoms with Crippen LogP contribution in [0.15, 0.2) is 23.1 Å². The summed E-state index contributed by atoms with van der Waals surface area (Å²) in [5.41, 5.74) is 0.567. The van der Waals surface area contributed by atoms with Crippen molar-refractivity contribution < 1.29 is 17.9 Å². The van der Waals surface area contributed by atoms with E-state index < -0.39 is 9.05 Å². The maximum absolute atomic E-state index is 11.2. The molecule has 0 aliphatic rings. The van der Waals surface area contributed by atoms with Gasteiger partial charge in [0.15, 0.2) is 0 Å². The summed E-state index contributed by atoms with van der Waals surface area (Å²) < 4.78 is 33.1. The van der Waals surface area contributed by atoms with E-state index in [4.69, 9.17) is 20.2 Å². The molecule has 0 amide bonds. The largest absolute Gasteiger partial charge is 0.491 e. The van der Waals surface area contributed by atoms with Crippen LogP contribution in [0.3, 0.4) is 0 Å². The van der Waals surface area contributed by atoms with E-state index in [2.05, 4.69) is 0 Å². The Kier molecular flexibility index (Phi) is 5.91. The zero-order valence-corrected chi connectivity index (χ0v) is 12.1. The van der Waals surface area contributed by atoms with Crippen LogP contribution in [0.2, 0.25) is 0 Å². The molecule has 0 N–H and O–H groups in total. The van der Waals surface area contributed by atoms with E-state index in [0.717, 1.165) is 6.42 Å². The van der Waals surface area contributed by atoms with Gasteiger partial charge in [0.2, 0.25) is 0 Å². The van der Waals surface area contributed by atoms with E-state index in [1.54, 1.807) is 19.1 Å². The molecule has 102 valence electrons. The summed E-state index contributed by atoms with van der Waals surface area (Å²) in [6.07, 6.45) is 0.974. The van der Waals surface area contributed by atoms with E-state index in [-0.39, 0.29) is 4.90 Å². The fraction of sp³-hybridized carbons (Fsp3) is 0.500. The molecule has 0 spiro atoms. The number of hydrogen-bond acceptors (Lipinski definition) is 4. The second-order valence-corrected chi connectivity index (χ2v) is 6.36. The number of ether oxygens (including phenoxy) is 2. The van der Waals surface area contributed by atoms with Crippen molar-refractivity contribution in [3.63, 3.8) is 0 Å². The van der Waals surface area contributed by atoms with Gasteiger partial charge in [-0.2, -0.15) is 0 Å². The van der Waals surface area contributed by atoms with Gasteiger partial charge in [0.25, 0.3) is 9.05 Å². The first-order valence-corrected chi connectivity index (χ1v) is 8.02. The van der Waals surface area contributed by atoms with Crippen LogP contribution in [-0.2, 0) is 13.8 Å². The fourth-order valence-electron chi connectivity index (χ4n) is 1.45. The zero-order chi connectivity index (χ0) is 13.6.